The molecular weight excluding hydrogens is 261 g/mol. The largest absolute Gasteiger partial charge is 0.304 e. The van der Waals surface area contributed by atoms with Gasteiger partial charge >= 0.3 is 0 Å². The smallest absolute Gasteiger partial charge is 0.123 e. The number of benzene rings is 2. The van der Waals surface area contributed by atoms with Crippen molar-refractivity contribution in [3.8, 4) is 0 Å². The maximum atomic E-state index is 12.9. The molecule has 2 aromatic carbocycles. The number of halogens is 2. The molecule has 0 aliphatic heterocycles. The summed E-state index contributed by atoms with van der Waals surface area (Å²) in [5, 5.41) is 4.22. The minimum absolute atomic E-state index is 0.131. The molecule has 1 nitrogen and oxygen atoms in total. The van der Waals surface area contributed by atoms with Crippen molar-refractivity contribution in [1.29, 1.82) is 0 Å². The summed E-state index contributed by atoms with van der Waals surface area (Å²) >= 11 is 6.18. The van der Waals surface area contributed by atoms with Crippen molar-refractivity contribution in [2.75, 3.05) is 0 Å². The second-order valence-corrected chi connectivity index (χ2v) is 5.09. The van der Waals surface area contributed by atoms with E-state index in [1.165, 1.54) is 12.1 Å². The Morgan fingerprint density at radius 1 is 0.947 bits per heavy atom. The molecule has 2 aromatic rings. The van der Waals surface area contributed by atoms with Crippen molar-refractivity contribution < 1.29 is 4.39 Å². The Hall–Kier alpha value is -1.38. The van der Waals surface area contributed by atoms with Crippen LogP contribution in [0.15, 0.2) is 48.5 Å². The summed E-state index contributed by atoms with van der Waals surface area (Å²) in [4.78, 5) is 0. The van der Waals surface area contributed by atoms with Gasteiger partial charge in [0.2, 0.25) is 0 Å². The third-order valence-corrected chi connectivity index (χ3v) is 3.59. The lowest BCUT2D eigenvalue weighted by atomic mass is 10.0. The maximum Gasteiger partial charge on any atom is 0.123 e. The Balaban J connectivity index is 2.08. The zero-order valence-electron chi connectivity index (χ0n) is 11.0. The third-order valence-electron chi connectivity index (χ3n) is 3.24. The van der Waals surface area contributed by atoms with Gasteiger partial charge in [0, 0.05) is 17.1 Å². The van der Waals surface area contributed by atoms with Crippen LogP contribution in [0.25, 0.3) is 0 Å². The fourth-order valence-electron chi connectivity index (χ4n) is 2.14. The quantitative estimate of drug-likeness (QED) is 0.839. The summed E-state index contributed by atoms with van der Waals surface area (Å²) in [6, 6.07) is 14.6. The van der Waals surface area contributed by atoms with Gasteiger partial charge in [-0.05, 0) is 43.2 Å². The average molecular weight is 278 g/mol. The fraction of sp³-hybridized carbons (Fsp3) is 0.250. The van der Waals surface area contributed by atoms with E-state index in [9.17, 15) is 4.39 Å². The van der Waals surface area contributed by atoms with Gasteiger partial charge in [-0.1, -0.05) is 41.9 Å². The van der Waals surface area contributed by atoms with Gasteiger partial charge in [-0.25, -0.2) is 4.39 Å². The number of rotatable bonds is 4. The molecular formula is C16H17ClFN. The Labute approximate surface area is 118 Å². The van der Waals surface area contributed by atoms with Crippen molar-refractivity contribution in [3.63, 3.8) is 0 Å². The van der Waals surface area contributed by atoms with Crippen LogP contribution in [-0.4, -0.2) is 0 Å². The van der Waals surface area contributed by atoms with E-state index in [4.69, 9.17) is 11.6 Å². The molecule has 0 bridgehead atoms. The Kier molecular flexibility index (Phi) is 4.56. The molecule has 2 rings (SSSR count). The topological polar surface area (TPSA) is 12.0 Å². The summed E-state index contributed by atoms with van der Waals surface area (Å²) in [7, 11) is 0. The van der Waals surface area contributed by atoms with Crippen LogP contribution in [0.3, 0.4) is 0 Å². The van der Waals surface area contributed by atoms with Crippen molar-refractivity contribution in [2.45, 2.75) is 25.9 Å². The molecule has 2 atom stereocenters. The Bertz CT molecular complexity index is 539. The first-order valence-corrected chi connectivity index (χ1v) is 6.71. The molecule has 0 heterocycles. The van der Waals surface area contributed by atoms with E-state index < -0.39 is 0 Å². The molecule has 100 valence electrons. The highest BCUT2D eigenvalue weighted by molar-refractivity contribution is 6.31. The van der Waals surface area contributed by atoms with Gasteiger partial charge in [-0.3, -0.25) is 0 Å². The highest BCUT2D eigenvalue weighted by Crippen LogP contribution is 2.25. The summed E-state index contributed by atoms with van der Waals surface area (Å²) in [5.41, 5.74) is 2.12. The van der Waals surface area contributed by atoms with Crippen LogP contribution >= 0.6 is 11.6 Å². The highest BCUT2D eigenvalue weighted by atomic mass is 35.5. The van der Waals surface area contributed by atoms with Crippen LogP contribution in [0.5, 0.6) is 0 Å². The second-order valence-electron chi connectivity index (χ2n) is 4.68. The monoisotopic (exact) mass is 277 g/mol. The van der Waals surface area contributed by atoms with Crippen LogP contribution < -0.4 is 5.32 Å². The minimum Gasteiger partial charge on any atom is -0.304 e. The van der Waals surface area contributed by atoms with Crippen molar-refractivity contribution in [3.05, 3.63) is 70.5 Å². The Morgan fingerprint density at radius 3 is 2.21 bits per heavy atom. The molecule has 0 aliphatic carbocycles. The Morgan fingerprint density at radius 2 is 1.58 bits per heavy atom. The molecule has 0 aliphatic rings. The lowest BCUT2D eigenvalue weighted by molar-refractivity contribution is 0.494. The minimum atomic E-state index is -0.213. The molecule has 0 aromatic heterocycles. The second kappa shape index (κ2) is 6.18. The van der Waals surface area contributed by atoms with Crippen LogP contribution in [-0.2, 0) is 0 Å². The maximum absolute atomic E-state index is 12.9. The summed E-state index contributed by atoms with van der Waals surface area (Å²) in [5.74, 6) is -0.213. The summed E-state index contributed by atoms with van der Waals surface area (Å²) in [6.45, 7) is 4.13. The van der Waals surface area contributed by atoms with Gasteiger partial charge < -0.3 is 5.32 Å². The van der Waals surface area contributed by atoms with Crippen molar-refractivity contribution in [1.82, 2.24) is 5.32 Å². The first-order chi connectivity index (χ1) is 9.08. The van der Waals surface area contributed by atoms with Gasteiger partial charge in [0.15, 0.2) is 0 Å². The summed E-state index contributed by atoms with van der Waals surface area (Å²) in [6.07, 6.45) is 0. The molecule has 1 unspecified atom stereocenters. The van der Waals surface area contributed by atoms with Gasteiger partial charge in [0.1, 0.15) is 5.82 Å². The van der Waals surface area contributed by atoms with E-state index in [1.807, 2.05) is 24.3 Å². The standard InChI is InChI=1S/C16H17ClFN/c1-11(13-7-9-14(18)10-8-13)19-12(2)15-5-3-4-6-16(15)17/h3-12,19H,1-2H3/t11-,12?/m0/s1. The van der Waals surface area contributed by atoms with E-state index in [0.717, 1.165) is 16.1 Å². The van der Waals surface area contributed by atoms with E-state index in [0.29, 0.717) is 0 Å². The molecule has 0 saturated carbocycles. The van der Waals surface area contributed by atoms with Gasteiger partial charge in [-0.15, -0.1) is 0 Å². The predicted molar refractivity (Wildman–Crippen MR) is 77.8 cm³/mol. The number of hydrogen-bond acceptors (Lipinski definition) is 1. The molecule has 3 heteroatoms. The molecule has 19 heavy (non-hydrogen) atoms. The molecule has 0 saturated heterocycles. The average Bonchev–Trinajstić information content (AvgIpc) is 2.39. The fourth-order valence-corrected chi connectivity index (χ4v) is 2.44. The SMILES string of the molecule is CC(N[C@@H](C)c1ccc(F)cc1)c1ccccc1Cl. The highest BCUT2D eigenvalue weighted by Gasteiger charge is 2.13. The van der Waals surface area contributed by atoms with Crippen LogP contribution in [0.1, 0.15) is 37.1 Å². The van der Waals surface area contributed by atoms with E-state index in [1.54, 1.807) is 12.1 Å². The van der Waals surface area contributed by atoms with E-state index in [2.05, 4.69) is 19.2 Å². The zero-order valence-corrected chi connectivity index (χ0v) is 11.8. The third kappa shape index (κ3) is 3.55. The van der Waals surface area contributed by atoms with E-state index >= 15 is 0 Å². The lowest BCUT2D eigenvalue weighted by Crippen LogP contribution is -2.22. The molecule has 0 amide bonds. The van der Waals surface area contributed by atoms with Gasteiger partial charge in [-0.2, -0.15) is 0 Å². The first-order valence-electron chi connectivity index (χ1n) is 6.34. The van der Waals surface area contributed by atoms with Gasteiger partial charge in [0.25, 0.3) is 0 Å². The first kappa shape index (κ1) is 14.0. The van der Waals surface area contributed by atoms with Crippen molar-refractivity contribution >= 4 is 11.6 Å². The number of hydrogen-bond donors (Lipinski definition) is 1. The molecule has 0 spiro atoms. The normalized spacial score (nSPS) is 14.1. The molecule has 1 N–H and O–H groups in total. The van der Waals surface area contributed by atoms with Crippen molar-refractivity contribution in [2.24, 2.45) is 0 Å². The zero-order chi connectivity index (χ0) is 13.8. The lowest BCUT2D eigenvalue weighted by Gasteiger charge is -2.21. The van der Waals surface area contributed by atoms with Crippen LogP contribution in [0, 0.1) is 5.82 Å². The molecule has 0 fully saturated rings. The van der Waals surface area contributed by atoms with Gasteiger partial charge in [0.05, 0.1) is 0 Å². The van der Waals surface area contributed by atoms with E-state index in [-0.39, 0.29) is 17.9 Å². The predicted octanol–water partition coefficient (Wildman–Crippen LogP) is 4.89. The number of nitrogens with one attached hydrogen (secondary N) is 1. The van der Waals surface area contributed by atoms with Crippen LogP contribution in [0.2, 0.25) is 5.02 Å². The van der Waals surface area contributed by atoms with Crippen LogP contribution in [0.4, 0.5) is 4.39 Å². The molecule has 0 radical (unpaired) electrons. The summed E-state index contributed by atoms with van der Waals surface area (Å²) < 4.78 is 12.9.